The van der Waals surface area contributed by atoms with Crippen LogP contribution in [0.15, 0.2) is 116 Å². The number of benzene rings is 3. The number of nitrogens with one attached hydrogen (secondary N) is 1. The first-order valence-corrected chi connectivity index (χ1v) is 20.3. The van der Waals surface area contributed by atoms with Gasteiger partial charge in [-0.15, -0.1) is 11.3 Å². The Labute approximate surface area is 333 Å². The number of carbonyl (C=O) groups is 1. The standard InChI is InChI=1S/C45H40ClFN6O2S/c1-3-55-44(54)36-28-20-22-29(23-21-28)38(36)50-42-37(47)40(34-24-19-27(2)56-34)51-41(52-42)33-26-53(43-39(33)49-35(46)25-48-43)45(30-13-7-4-8-14-30,31-15-9-5-10-16-31)32-17-11-6-12-18-32/h4-19,24-26,28-29,36,38H,3,20-23H2,1-2H3,(H,50,51,52)/t28?,29?,36-,38-/m0/s1. The Bertz CT molecular complexity index is 2420. The highest BCUT2D eigenvalue weighted by Crippen LogP contribution is 2.48. The van der Waals surface area contributed by atoms with E-state index in [4.69, 9.17) is 36.3 Å². The van der Waals surface area contributed by atoms with Crippen molar-refractivity contribution >= 4 is 45.9 Å². The summed E-state index contributed by atoms with van der Waals surface area (Å²) in [4.78, 5) is 34.9. The Kier molecular flexibility index (Phi) is 9.63. The molecule has 56 heavy (non-hydrogen) atoms. The fourth-order valence-corrected chi connectivity index (χ4v) is 10.1. The minimum absolute atomic E-state index is 0.0410. The number of hydrogen-bond acceptors (Lipinski definition) is 8. The van der Waals surface area contributed by atoms with Crippen LogP contribution in [0.2, 0.25) is 5.15 Å². The Balaban J connectivity index is 1.30. The van der Waals surface area contributed by atoms with Crippen LogP contribution in [-0.4, -0.2) is 43.1 Å². The molecule has 0 saturated heterocycles. The summed E-state index contributed by atoms with van der Waals surface area (Å²) in [7, 11) is 0. The minimum Gasteiger partial charge on any atom is -0.466 e. The van der Waals surface area contributed by atoms with Crippen molar-refractivity contribution in [3.05, 3.63) is 148 Å². The van der Waals surface area contributed by atoms with E-state index in [1.54, 1.807) is 6.20 Å². The highest BCUT2D eigenvalue weighted by molar-refractivity contribution is 7.15. The summed E-state index contributed by atoms with van der Waals surface area (Å²) in [5.74, 6) is -0.573. The topological polar surface area (TPSA) is 94.8 Å². The lowest BCUT2D eigenvalue weighted by Crippen LogP contribution is -2.52. The summed E-state index contributed by atoms with van der Waals surface area (Å²) in [5.41, 5.74) is 3.76. The van der Waals surface area contributed by atoms with E-state index in [0.717, 1.165) is 47.3 Å². The number of aromatic nitrogens is 5. The van der Waals surface area contributed by atoms with Crippen molar-refractivity contribution in [2.45, 2.75) is 51.1 Å². The molecule has 8 nitrogen and oxygen atoms in total. The average molecular weight is 783 g/mol. The largest absolute Gasteiger partial charge is 0.466 e. The van der Waals surface area contributed by atoms with Crippen molar-refractivity contribution in [2.24, 2.45) is 17.8 Å². The van der Waals surface area contributed by atoms with Crippen LogP contribution < -0.4 is 5.32 Å². The summed E-state index contributed by atoms with van der Waals surface area (Å²) >= 11 is 8.10. The van der Waals surface area contributed by atoms with Gasteiger partial charge in [-0.25, -0.2) is 24.3 Å². The number of anilines is 1. The van der Waals surface area contributed by atoms with Gasteiger partial charge >= 0.3 is 5.97 Å². The lowest BCUT2D eigenvalue weighted by Gasteiger charge is -2.47. The molecular weight excluding hydrogens is 743 g/mol. The van der Waals surface area contributed by atoms with Crippen molar-refractivity contribution in [1.29, 1.82) is 0 Å². The number of nitrogens with zero attached hydrogens (tertiary/aromatic N) is 5. The SMILES string of the molecule is CCOC(=O)[C@H]1C2CCC(CC2)[C@@H]1Nc1nc(-c2cn(C(c3ccccc3)(c3ccccc3)c3ccccc3)c3ncc(Cl)nc23)nc(-c2ccc(C)s2)c1F. The maximum atomic E-state index is 17.0. The van der Waals surface area contributed by atoms with Crippen LogP contribution in [0.1, 0.15) is 54.2 Å². The number of ether oxygens (including phenoxy) is 1. The molecule has 3 saturated carbocycles. The molecule has 7 aromatic rings. The molecule has 3 aliphatic rings. The van der Waals surface area contributed by atoms with E-state index in [9.17, 15) is 4.79 Å². The summed E-state index contributed by atoms with van der Waals surface area (Å²) in [5, 5.41) is 3.68. The van der Waals surface area contributed by atoms with Gasteiger partial charge in [-0.1, -0.05) is 103 Å². The number of rotatable bonds is 10. The van der Waals surface area contributed by atoms with Gasteiger partial charge in [0.15, 0.2) is 23.1 Å². The monoisotopic (exact) mass is 782 g/mol. The van der Waals surface area contributed by atoms with Crippen LogP contribution in [0.3, 0.4) is 0 Å². The molecule has 2 atom stereocenters. The van der Waals surface area contributed by atoms with Gasteiger partial charge in [-0.2, -0.15) is 0 Å². The Morgan fingerprint density at radius 2 is 1.48 bits per heavy atom. The van der Waals surface area contributed by atoms with Crippen LogP contribution in [0.4, 0.5) is 10.2 Å². The van der Waals surface area contributed by atoms with E-state index in [1.807, 2.05) is 86.8 Å². The first-order valence-electron chi connectivity index (χ1n) is 19.1. The van der Waals surface area contributed by atoms with Gasteiger partial charge in [0.25, 0.3) is 0 Å². The van der Waals surface area contributed by atoms with Gasteiger partial charge in [0.05, 0.1) is 29.2 Å². The third-order valence-electron chi connectivity index (χ3n) is 11.5. The van der Waals surface area contributed by atoms with Gasteiger partial charge < -0.3 is 14.6 Å². The van der Waals surface area contributed by atoms with Crippen molar-refractivity contribution in [1.82, 2.24) is 24.5 Å². The zero-order chi connectivity index (χ0) is 38.4. The fourth-order valence-electron chi connectivity index (χ4n) is 9.13. The number of aryl methyl sites for hydroxylation is 1. The van der Waals surface area contributed by atoms with Gasteiger partial charge in [0.2, 0.25) is 0 Å². The predicted octanol–water partition coefficient (Wildman–Crippen LogP) is 10.3. The third-order valence-corrected chi connectivity index (χ3v) is 12.7. The number of esters is 1. The molecule has 3 fully saturated rings. The first-order chi connectivity index (χ1) is 27.4. The van der Waals surface area contributed by atoms with Gasteiger partial charge in [-0.3, -0.25) is 4.79 Å². The van der Waals surface area contributed by atoms with Gasteiger partial charge in [0, 0.05) is 17.1 Å². The fraction of sp³-hybridized carbons (Fsp3) is 0.267. The van der Waals surface area contributed by atoms with E-state index in [0.29, 0.717) is 21.6 Å². The van der Waals surface area contributed by atoms with Crippen molar-refractivity contribution in [2.75, 3.05) is 11.9 Å². The molecule has 0 spiro atoms. The van der Waals surface area contributed by atoms with E-state index in [1.165, 1.54) is 11.3 Å². The molecule has 3 aromatic carbocycles. The highest BCUT2D eigenvalue weighted by atomic mass is 35.5. The zero-order valence-corrected chi connectivity index (χ0v) is 32.6. The van der Waals surface area contributed by atoms with Crippen molar-refractivity contribution in [3.8, 4) is 22.0 Å². The normalized spacial score (nSPS) is 19.3. The molecule has 2 bridgehead atoms. The molecule has 0 radical (unpaired) electrons. The summed E-state index contributed by atoms with van der Waals surface area (Å²) < 4.78 is 24.7. The maximum Gasteiger partial charge on any atom is 0.311 e. The van der Waals surface area contributed by atoms with Crippen LogP contribution in [0.5, 0.6) is 0 Å². The lowest BCUT2D eigenvalue weighted by atomic mass is 9.61. The highest BCUT2D eigenvalue weighted by Gasteiger charge is 2.48. The Morgan fingerprint density at radius 3 is 2.05 bits per heavy atom. The molecule has 3 aliphatic carbocycles. The summed E-state index contributed by atoms with van der Waals surface area (Å²) in [6, 6.07) is 34.4. The number of thiophene rings is 1. The van der Waals surface area contributed by atoms with Crippen LogP contribution in [-0.2, 0) is 15.1 Å². The maximum absolute atomic E-state index is 17.0. The Morgan fingerprint density at radius 1 is 0.875 bits per heavy atom. The van der Waals surface area contributed by atoms with E-state index < -0.39 is 17.3 Å². The predicted molar refractivity (Wildman–Crippen MR) is 219 cm³/mol. The lowest BCUT2D eigenvalue weighted by molar-refractivity contribution is -0.154. The molecule has 4 heterocycles. The second-order valence-electron chi connectivity index (χ2n) is 14.7. The van der Waals surface area contributed by atoms with Gasteiger partial charge in [0.1, 0.15) is 21.9 Å². The molecule has 0 amide bonds. The van der Waals surface area contributed by atoms with E-state index in [2.05, 4.69) is 46.3 Å². The number of halogens is 2. The van der Waals surface area contributed by atoms with Crippen LogP contribution >= 0.6 is 22.9 Å². The molecule has 0 aliphatic heterocycles. The van der Waals surface area contributed by atoms with Gasteiger partial charge in [-0.05, 0) is 80.2 Å². The summed E-state index contributed by atoms with van der Waals surface area (Å²) in [6.07, 6.45) is 7.33. The van der Waals surface area contributed by atoms with E-state index in [-0.39, 0.29) is 52.9 Å². The summed E-state index contributed by atoms with van der Waals surface area (Å²) in [6.45, 7) is 4.09. The number of fused-ring (bicyclic) bond motifs is 4. The molecule has 11 heteroatoms. The zero-order valence-electron chi connectivity index (χ0n) is 31.0. The third kappa shape index (κ3) is 6.15. The van der Waals surface area contributed by atoms with Crippen LogP contribution in [0, 0.1) is 30.5 Å². The molecule has 0 unspecified atom stereocenters. The Hall–Kier alpha value is -5.45. The van der Waals surface area contributed by atoms with E-state index >= 15 is 4.39 Å². The quantitative estimate of drug-likeness (QED) is 0.109. The number of carbonyl (C=O) groups excluding carboxylic acids is 1. The second kappa shape index (κ2) is 14.9. The molecule has 4 aromatic heterocycles. The molecule has 282 valence electrons. The molecular formula is C45H40ClFN6O2S. The minimum atomic E-state index is -0.939. The molecule has 1 N–H and O–H groups in total. The average Bonchev–Trinajstić information content (AvgIpc) is 3.84. The first kappa shape index (κ1) is 36.2. The smallest absolute Gasteiger partial charge is 0.311 e. The second-order valence-corrected chi connectivity index (χ2v) is 16.4. The number of hydrogen-bond donors (Lipinski definition) is 1. The molecule has 10 rings (SSSR count). The van der Waals surface area contributed by atoms with Crippen LogP contribution in [0.25, 0.3) is 33.1 Å². The van der Waals surface area contributed by atoms with Crippen molar-refractivity contribution in [3.63, 3.8) is 0 Å². The van der Waals surface area contributed by atoms with Crippen molar-refractivity contribution < 1.29 is 13.9 Å².